The number of amides is 1. The van der Waals surface area contributed by atoms with Crippen molar-refractivity contribution >= 4 is 5.91 Å². The van der Waals surface area contributed by atoms with Gasteiger partial charge in [0.05, 0.1) is 25.3 Å². The lowest BCUT2D eigenvalue weighted by Crippen LogP contribution is -2.53. The lowest BCUT2D eigenvalue weighted by atomic mass is 10.1. The summed E-state index contributed by atoms with van der Waals surface area (Å²) in [4.78, 5) is 13.7. The third kappa shape index (κ3) is 2.45. The van der Waals surface area contributed by atoms with Crippen LogP contribution in [0, 0.1) is 0 Å². The van der Waals surface area contributed by atoms with E-state index in [9.17, 15) is 4.79 Å². The number of hydrogen-bond acceptors (Lipinski definition) is 3. The Balaban J connectivity index is 2.58. The average molecular weight is 200 g/mol. The average Bonchev–Trinajstić information content (AvgIpc) is 2.26. The molecule has 2 atom stereocenters. The quantitative estimate of drug-likeness (QED) is 0.715. The third-order valence-corrected chi connectivity index (χ3v) is 2.74. The molecule has 2 N–H and O–H groups in total. The van der Waals surface area contributed by atoms with Crippen molar-refractivity contribution in [3.63, 3.8) is 0 Å². The molecule has 4 heteroatoms. The first-order chi connectivity index (χ1) is 6.70. The zero-order valence-corrected chi connectivity index (χ0v) is 9.03. The first kappa shape index (κ1) is 11.5. The van der Waals surface area contributed by atoms with E-state index in [1.165, 1.54) is 0 Å². The fraction of sp³-hybridized carbons (Fsp3) is 0.900. The Morgan fingerprint density at radius 2 is 2.36 bits per heavy atom. The minimum atomic E-state index is -0.345. The zero-order valence-electron chi connectivity index (χ0n) is 9.03. The molecular formula is C10H20N2O2. The van der Waals surface area contributed by atoms with Crippen LogP contribution in [0.5, 0.6) is 0 Å². The lowest BCUT2D eigenvalue weighted by molar-refractivity contribution is -0.141. The summed E-state index contributed by atoms with van der Waals surface area (Å²) < 4.78 is 5.33. The predicted molar refractivity (Wildman–Crippen MR) is 54.9 cm³/mol. The number of carbonyl (C=O) groups excluding carboxylic acids is 1. The van der Waals surface area contributed by atoms with E-state index < -0.39 is 0 Å². The van der Waals surface area contributed by atoms with E-state index in [-0.39, 0.29) is 18.0 Å². The smallest absolute Gasteiger partial charge is 0.239 e. The number of carbonyl (C=O) groups is 1. The SMILES string of the molecule is CCC1COCCN1C(=O)[C@@H](N)CC. The summed E-state index contributed by atoms with van der Waals surface area (Å²) in [5.41, 5.74) is 5.73. The molecule has 0 saturated carbocycles. The molecular weight excluding hydrogens is 180 g/mol. The molecule has 0 radical (unpaired) electrons. The highest BCUT2D eigenvalue weighted by Crippen LogP contribution is 2.11. The molecule has 1 aliphatic heterocycles. The van der Waals surface area contributed by atoms with Crippen molar-refractivity contribution in [3.8, 4) is 0 Å². The second kappa shape index (κ2) is 5.32. The van der Waals surface area contributed by atoms with Crippen LogP contribution in [0.25, 0.3) is 0 Å². The number of morpholine rings is 1. The van der Waals surface area contributed by atoms with Gasteiger partial charge in [0.25, 0.3) is 0 Å². The summed E-state index contributed by atoms with van der Waals surface area (Å²) in [6.45, 7) is 5.98. The Labute approximate surface area is 85.4 Å². The molecule has 0 aromatic heterocycles. The third-order valence-electron chi connectivity index (χ3n) is 2.74. The molecule has 1 heterocycles. The van der Waals surface area contributed by atoms with Gasteiger partial charge in [-0.1, -0.05) is 13.8 Å². The molecule has 1 unspecified atom stereocenters. The van der Waals surface area contributed by atoms with Crippen LogP contribution in [0.3, 0.4) is 0 Å². The standard InChI is InChI=1S/C10H20N2O2/c1-3-8-7-14-6-5-12(8)10(13)9(11)4-2/h8-9H,3-7,11H2,1-2H3/t8?,9-/m0/s1. The van der Waals surface area contributed by atoms with Crippen molar-refractivity contribution < 1.29 is 9.53 Å². The van der Waals surface area contributed by atoms with Gasteiger partial charge in [-0.05, 0) is 12.8 Å². The molecule has 0 bridgehead atoms. The van der Waals surface area contributed by atoms with Crippen LogP contribution in [-0.2, 0) is 9.53 Å². The molecule has 0 aromatic carbocycles. The van der Waals surface area contributed by atoms with E-state index in [4.69, 9.17) is 10.5 Å². The Hall–Kier alpha value is -0.610. The molecule has 0 spiro atoms. The van der Waals surface area contributed by atoms with Gasteiger partial charge in [0, 0.05) is 6.54 Å². The highest BCUT2D eigenvalue weighted by molar-refractivity contribution is 5.82. The summed E-state index contributed by atoms with van der Waals surface area (Å²) >= 11 is 0. The lowest BCUT2D eigenvalue weighted by Gasteiger charge is -2.36. The Bertz CT molecular complexity index is 197. The molecule has 1 rings (SSSR count). The summed E-state index contributed by atoms with van der Waals surface area (Å²) in [6.07, 6.45) is 1.63. The van der Waals surface area contributed by atoms with E-state index in [1.54, 1.807) is 0 Å². The van der Waals surface area contributed by atoms with Crippen molar-refractivity contribution in [3.05, 3.63) is 0 Å². The largest absolute Gasteiger partial charge is 0.377 e. The molecule has 1 amide bonds. The van der Waals surface area contributed by atoms with Crippen molar-refractivity contribution in [2.45, 2.75) is 38.8 Å². The van der Waals surface area contributed by atoms with E-state index in [1.807, 2.05) is 11.8 Å². The zero-order chi connectivity index (χ0) is 10.6. The van der Waals surface area contributed by atoms with Crippen molar-refractivity contribution in [1.29, 1.82) is 0 Å². The first-order valence-corrected chi connectivity index (χ1v) is 5.34. The van der Waals surface area contributed by atoms with Gasteiger partial charge in [0.2, 0.25) is 5.91 Å². The second-order valence-electron chi connectivity index (χ2n) is 3.68. The highest BCUT2D eigenvalue weighted by Gasteiger charge is 2.28. The van der Waals surface area contributed by atoms with Gasteiger partial charge in [-0.3, -0.25) is 4.79 Å². The van der Waals surface area contributed by atoms with Crippen LogP contribution < -0.4 is 5.73 Å². The maximum Gasteiger partial charge on any atom is 0.239 e. The maximum atomic E-state index is 11.8. The summed E-state index contributed by atoms with van der Waals surface area (Å²) in [5, 5.41) is 0. The second-order valence-corrected chi connectivity index (χ2v) is 3.68. The van der Waals surface area contributed by atoms with Gasteiger partial charge in [-0.15, -0.1) is 0 Å². The van der Waals surface area contributed by atoms with Crippen LogP contribution in [0.1, 0.15) is 26.7 Å². The number of nitrogens with two attached hydrogens (primary N) is 1. The number of ether oxygens (including phenoxy) is 1. The molecule has 14 heavy (non-hydrogen) atoms. The van der Waals surface area contributed by atoms with Gasteiger partial charge in [0.1, 0.15) is 0 Å². The normalized spacial score (nSPS) is 24.8. The fourth-order valence-electron chi connectivity index (χ4n) is 1.67. The van der Waals surface area contributed by atoms with Crippen LogP contribution in [-0.4, -0.2) is 42.6 Å². The molecule has 0 aromatic rings. The van der Waals surface area contributed by atoms with Crippen LogP contribution in [0.15, 0.2) is 0 Å². The van der Waals surface area contributed by atoms with E-state index in [0.29, 0.717) is 26.2 Å². The molecule has 0 aliphatic carbocycles. The maximum absolute atomic E-state index is 11.8. The number of nitrogens with zero attached hydrogens (tertiary/aromatic N) is 1. The Morgan fingerprint density at radius 1 is 1.64 bits per heavy atom. The van der Waals surface area contributed by atoms with Crippen LogP contribution >= 0.6 is 0 Å². The molecule has 1 aliphatic rings. The van der Waals surface area contributed by atoms with E-state index in [0.717, 1.165) is 6.42 Å². The Kier molecular flexibility index (Phi) is 4.35. The van der Waals surface area contributed by atoms with Gasteiger partial charge >= 0.3 is 0 Å². The van der Waals surface area contributed by atoms with Gasteiger partial charge in [-0.2, -0.15) is 0 Å². The fourth-order valence-corrected chi connectivity index (χ4v) is 1.67. The molecule has 1 saturated heterocycles. The first-order valence-electron chi connectivity index (χ1n) is 5.34. The summed E-state index contributed by atoms with van der Waals surface area (Å²) in [5.74, 6) is 0.0719. The van der Waals surface area contributed by atoms with Gasteiger partial charge in [-0.25, -0.2) is 0 Å². The number of hydrogen-bond donors (Lipinski definition) is 1. The monoisotopic (exact) mass is 200 g/mol. The molecule has 4 nitrogen and oxygen atoms in total. The number of rotatable bonds is 3. The van der Waals surface area contributed by atoms with Crippen LogP contribution in [0.4, 0.5) is 0 Å². The topological polar surface area (TPSA) is 55.6 Å². The minimum absolute atomic E-state index is 0.0719. The van der Waals surface area contributed by atoms with Crippen molar-refractivity contribution in [1.82, 2.24) is 4.90 Å². The van der Waals surface area contributed by atoms with Crippen LogP contribution in [0.2, 0.25) is 0 Å². The molecule has 82 valence electrons. The van der Waals surface area contributed by atoms with Gasteiger partial charge in [0.15, 0.2) is 0 Å². The predicted octanol–water partition coefficient (Wildman–Crippen LogP) is 0.361. The molecule has 1 fully saturated rings. The highest BCUT2D eigenvalue weighted by atomic mass is 16.5. The minimum Gasteiger partial charge on any atom is -0.377 e. The van der Waals surface area contributed by atoms with Crippen molar-refractivity contribution in [2.75, 3.05) is 19.8 Å². The Morgan fingerprint density at radius 3 is 2.93 bits per heavy atom. The summed E-state index contributed by atoms with van der Waals surface area (Å²) in [7, 11) is 0. The van der Waals surface area contributed by atoms with Gasteiger partial charge < -0.3 is 15.4 Å². The van der Waals surface area contributed by atoms with E-state index >= 15 is 0 Å². The summed E-state index contributed by atoms with van der Waals surface area (Å²) in [6, 6.07) is -0.129. The van der Waals surface area contributed by atoms with Crippen molar-refractivity contribution in [2.24, 2.45) is 5.73 Å². The van der Waals surface area contributed by atoms with E-state index in [2.05, 4.69) is 6.92 Å².